The normalized spacial score (nSPS) is 19.5. The number of hydrogen-bond donors (Lipinski definition) is 2. The Bertz CT molecular complexity index is 845. The van der Waals surface area contributed by atoms with E-state index in [4.69, 9.17) is 0 Å². The van der Waals surface area contributed by atoms with Crippen LogP contribution in [0.4, 0.5) is 26.3 Å². The minimum absolute atomic E-state index is 0.00207. The Kier molecular flexibility index (Phi) is 4.74. The Balaban J connectivity index is 1.91. The van der Waals surface area contributed by atoms with E-state index < -0.39 is 36.3 Å². The van der Waals surface area contributed by atoms with Crippen molar-refractivity contribution in [2.24, 2.45) is 0 Å². The minimum Gasteiger partial charge on any atom is -0.405 e. The summed E-state index contributed by atoms with van der Waals surface area (Å²) in [5, 5.41) is 9.45. The molecule has 11 heteroatoms. The van der Waals surface area contributed by atoms with Crippen LogP contribution < -0.4 is 4.74 Å². The van der Waals surface area contributed by atoms with Gasteiger partial charge in [0.1, 0.15) is 11.4 Å². The van der Waals surface area contributed by atoms with E-state index in [9.17, 15) is 36.2 Å². The molecule has 0 bridgehead atoms. The molecule has 148 valence electrons. The molecule has 1 aromatic heterocycles. The fraction of sp³-hybridized carbons (Fsp3) is 0.438. The van der Waals surface area contributed by atoms with Gasteiger partial charge in [-0.1, -0.05) is 6.07 Å². The molecule has 0 saturated carbocycles. The van der Waals surface area contributed by atoms with Gasteiger partial charge in [-0.15, -0.1) is 13.2 Å². The molecule has 0 aliphatic carbocycles. The van der Waals surface area contributed by atoms with Gasteiger partial charge in [0.05, 0.1) is 6.04 Å². The Morgan fingerprint density at radius 3 is 2.59 bits per heavy atom. The van der Waals surface area contributed by atoms with Gasteiger partial charge < -0.3 is 19.7 Å². The lowest BCUT2D eigenvalue weighted by Crippen LogP contribution is -2.49. The predicted molar refractivity (Wildman–Crippen MR) is 81.1 cm³/mol. The zero-order valence-electron chi connectivity index (χ0n) is 13.6. The smallest absolute Gasteiger partial charge is 0.405 e. The monoisotopic (exact) mass is 396 g/mol. The van der Waals surface area contributed by atoms with E-state index in [1.54, 1.807) is 0 Å². The van der Waals surface area contributed by atoms with Crippen LogP contribution in [0.3, 0.4) is 0 Å². The number of halogens is 6. The maximum atomic E-state index is 12.8. The number of likely N-dealkylation sites (tertiary alicyclic amines) is 1. The van der Waals surface area contributed by atoms with Crippen molar-refractivity contribution < 1.29 is 41.0 Å². The van der Waals surface area contributed by atoms with Crippen LogP contribution in [-0.4, -0.2) is 52.1 Å². The van der Waals surface area contributed by atoms with E-state index in [0.29, 0.717) is 0 Å². The molecule has 0 unspecified atom stereocenters. The van der Waals surface area contributed by atoms with E-state index >= 15 is 0 Å². The van der Waals surface area contributed by atoms with Crippen molar-refractivity contribution in [3.63, 3.8) is 0 Å². The summed E-state index contributed by atoms with van der Waals surface area (Å²) < 4.78 is 79.8. The summed E-state index contributed by atoms with van der Waals surface area (Å²) in [5.41, 5.74) is -0.0308. The second kappa shape index (κ2) is 6.63. The van der Waals surface area contributed by atoms with Crippen LogP contribution in [0.5, 0.6) is 5.75 Å². The Hall–Kier alpha value is -2.43. The molecule has 1 fully saturated rings. The quantitative estimate of drug-likeness (QED) is 0.780. The molecular weight excluding hydrogens is 382 g/mol. The van der Waals surface area contributed by atoms with Gasteiger partial charge in [-0.05, 0) is 31.0 Å². The van der Waals surface area contributed by atoms with Crippen molar-refractivity contribution in [3.05, 3.63) is 30.0 Å². The number of aromatic nitrogens is 1. The first-order valence-electron chi connectivity index (χ1n) is 7.90. The van der Waals surface area contributed by atoms with Gasteiger partial charge in [-0.3, -0.25) is 4.79 Å². The Morgan fingerprint density at radius 2 is 1.96 bits per heavy atom. The van der Waals surface area contributed by atoms with E-state index in [1.165, 1.54) is 12.1 Å². The lowest BCUT2D eigenvalue weighted by atomic mass is 10.1. The Labute approximate surface area is 148 Å². The fourth-order valence-electron chi connectivity index (χ4n) is 3.20. The lowest BCUT2D eigenvalue weighted by Gasteiger charge is -2.29. The van der Waals surface area contributed by atoms with Crippen LogP contribution in [0.25, 0.3) is 10.9 Å². The molecule has 5 nitrogen and oxygen atoms in total. The number of rotatable bonds is 3. The van der Waals surface area contributed by atoms with Gasteiger partial charge >= 0.3 is 12.5 Å². The van der Waals surface area contributed by atoms with Crippen LogP contribution in [0, 0.1) is 0 Å². The lowest BCUT2D eigenvalue weighted by molar-refractivity contribution is -0.274. The highest BCUT2D eigenvalue weighted by atomic mass is 19.4. The SMILES string of the molecule is O=C(c1cc2c(OC(F)(F)F)cccc2[nH]1)N1CCC[C@@H]1[C@H](O)C(F)(F)F. The number of hydrogen-bond acceptors (Lipinski definition) is 3. The topological polar surface area (TPSA) is 65.6 Å². The standard InChI is InChI=1S/C16H14F6N2O3/c17-15(18,19)13(25)11-4-2-6-24(11)14(26)10-7-8-9(23-10)3-1-5-12(8)27-16(20,21)22/h1,3,5,7,11,13,23,25H,2,4,6H2/t11-,13+/m1/s1. The number of nitrogens with zero attached hydrogens (tertiary/aromatic N) is 1. The summed E-state index contributed by atoms with van der Waals surface area (Å²) in [6.45, 7) is -0.00207. The van der Waals surface area contributed by atoms with Crippen molar-refractivity contribution >= 4 is 16.8 Å². The van der Waals surface area contributed by atoms with Crippen molar-refractivity contribution in [2.45, 2.75) is 37.5 Å². The number of carbonyl (C=O) groups is 1. The summed E-state index contributed by atoms with van der Waals surface area (Å²) in [7, 11) is 0. The molecule has 2 N–H and O–H groups in total. The zero-order chi connectivity index (χ0) is 20.0. The van der Waals surface area contributed by atoms with E-state index in [1.807, 2.05) is 0 Å². The molecule has 0 radical (unpaired) electrons. The summed E-state index contributed by atoms with van der Waals surface area (Å²) in [6, 6.07) is 3.38. The number of amides is 1. The largest absolute Gasteiger partial charge is 0.573 e. The molecule has 1 amide bonds. The number of aliphatic hydroxyl groups excluding tert-OH is 1. The van der Waals surface area contributed by atoms with Crippen LogP contribution in [0.2, 0.25) is 0 Å². The summed E-state index contributed by atoms with van der Waals surface area (Å²) in [6.07, 6.45) is -12.3. The molecule has 2 aromatic rings. The molecule has 2 atom stereocenters. The zero-order valence-corrected chi connectivity index (χ0v) is 13.6. The van der Waals surface area contributed by atoms with Crippen molar-refractivity contribution in [1.29, 1.82) is 0 Å². The molecule has 1 aliphatic heterocycles. The van der Waals surface area contributed by atoms with Crippen LogP contribution in [0.1, 0.15) is 23.3 Å². The predicted octanol–water partition coefficient (Wildman–Crippen LogP) is 3.59. The molecule has 1 aliphatic rings. The summed E-state index contributed by atoms with van der Waals surface area (Å²) in [4.78, 5) is 16.1. The van der Waals surface area contributed by atoms with Gasteiger partial charge in [-0.25, -0.2) is 0 Å². The van der Waals surface area contributed by atoms with Crippen LogP contribution in [-0.2, 0) is 0 Å². The minimum atomic E-state index is -4.94. The molecule has 2 heterocycles. The molecule has 1 saturated heterocycles. The van der Waals surface area contributed by atoms with Crippen molar-refractivity contribution in [3.8, 4) is 5.75 Å². The van der Waals surface area contributed by atoms with E-state index in [2.05, 4.69) is 9.72 Å². The fourth-order valence-corrected chi connectivity index (χ4v) is 3.20. The first kappa shape index (κ1) is 19.3. The molecule has 0 spiro atoms. The molecular formula is C16H14F6N2O3. The maximum Gasteiger partial charge on any atom is 0.573 e. The van der Waals surface area contributed by atoms with E-state index in [0.717, 1.165) is 17.0 Å². The number of carbonyl (C=O) groups excluding carboxylic acids is 1. The third-order valence-electron chi connectivity index (χ3n) is 4.34. The number of benzene rings is 1. The maximum absolute atomic E-state index is 12.8. The van der Waals surface area contributed by atoms with Gasteiger partial charge in [-0.2, -0.15) is 13.2 Å². The molecule has 27 heavy (non-hydrogen) atoms. The highest BCUT2D eigenvalue weighted by Gasteiger charge is 2.48. The molecule has 3 rings (SSSR count). The molecule has 1 aromatic carbocycles. The average molecular weight is 396 g/mol. The number of alkyl halides is 6. The summed E-state index contributed by atoms with van der Waals surface area (Å²) in [5.74, 6) is -1.38. The highest BCUT2D eigenvalue weighted by molar-refractivity contribution is 6.00. The second-order valence-electron chi connectivity index (χ2n) is 6.14. The van der Waals surface area contributed by atoms with Crippen LogP contribution in [0.15, 0.2) is 24.3 Å². The van der Waals surface area contributed by atoms with Gasteiger partial charge in [0.25, 0.3) is 5.91 Å². The number of fused-ring (bicyclic) bond motifs is 1. The third-order valence-corrected chi connectivity index (χ3v) is 4.34. The van der Waals surface area contributed by atoms with Crippen molar-refractivity contribution in [1.82, 2.24) is 9.88 Å². The first-order valence-corrected chi connectivity index (χ1v) is 7.90. The third kappa shape index (κ3) is 3.97. The second-order valence-corrected chi connectivity index (χ2v) is 6.14. The number of aromatic amines is 1. The van der Waals surface area contributed by atoms with Gasteiger partial charge in [0.2, 0.25) is 0 Å². The van der Waals surface area contributed by atoms with Gasteiger partial charge in [0, 0.05) is 17.4 Å². The van der Waals surface area contributed by atoms with Crippen molar-refractivity contribution in [2.75, 3.05) is 6.54 Å². The summed E-state index contributed by atoms with van der Waals surface area (Å²) >= 11 is 0. The van der Waals surface area contributed by atoms with Gasteiger partial charge in [0.15, 0.2) is 6.10 Å². The average Bonchev–Trinajstić information content (AvgIpc) is 3.18. The first-order chi connectivity index (χ1) is 12.5. The Morgan fingerprint density at radius 1 is 1.26 bits per heavy atom. The number of H-pyrrole nitrogens is 1. The number of ether oxygens (including phenoxy) is 1. The number of aliphatic hydroxyl groups is 1. The van der Waals surface area contributed by atoms with Crippen LogP contribution >= 0.6 is 0 Å². The van der Waals surface area contributed by atoms with E-state index in [-0.39, 0.29) is 36.0 Å². The number of nitrogens with one attached hydrogen (secondary N) is 1. The highest BCUT2D eigenvalue weighted by Crippen LogP contribution is 2.34.